The molecule has 0 radical (unpaired) electrons. The van der Waals surface area contributed by atoms with Crippen LogP contribution in [-0.4, -0.2) is 12.4 Å². The summed E-state index contributed by atoms with van der Waals surface area (Å²) in [5, 5.41) is 0. The monoisotopic (exact) mass is 180 g/mol. The maximum absolute atomic E-state index is 11.7. The number of rotatable bonds is 0. The Morgan fingerprint density at radius 1 is 1.31 bits per heavy atom. The molecule has 1 aliphatic carbocycles. The Morgan fingerprint density at radius 2 is 2.08 bits per heavy atom. The second kappa shape index (κ2) is 2.86. The summed E-state index contributed by atoms with van der Waals surface area (Å²) in [4.78, 5) is 11.7. The molecule has 1 aliphatic heterocycles. The Balaban J connectivity index is 2.30. The quantitative estimate of drug-likeness (QED) is 0.572. The van der Waals surface area contributed by atoms with Crippen LogP contribution in [-0.2, 0) is 9.53 Å². The highest BCUT2D eigenvalue weighted by Crippen LogP contribution is 2.40. The van der Waals surface area contributed by atoms with E-state index < -0.39 is 0 Å². The van der Waals surface area contributed by atoms with Gasteiger partial charge in [-0.3, -0.25) is 4.79 Å². The first-order chi connectivity index (χ1) is 6.08. The lowest BCUT2D eigenvalue weighted by Gasteiger charge is -2.33. The van der Waals surface area contributed by atoms with Crippen molar-refractivity contribution in [2.75, 3.05) is 6.61 Å². The molecular weight excluding hydrogens is 164 g/mol. The Hall–Kier alpha value is -0.790. The molecule has 0 fully saturated rings. The average Bonchev–Trinajstić information content (AvgIpc) is 2.02. The van der Waals surface area contributed by atoms with Crippen LogP contribution in [0.3, 0.4) is 0 Å². The van der Waals surface area contributed by atoms with Crippen LogP contribution in [0.25, 0.3) is 0 Å². The summed E-state index contributed by atoms with van der Waals surface area (Å²) in [6.45, 7) is 5.06. The number of carbonyl (C=O) groups excluding carboxylic acids is 1. The molecule has 0 spiro atoms. The van der Waals surface area contributed by atoms with Gasteiger partial charge in [-0.25, -0.2) is 0 Å². The first kappa shape index (κ1) is 8.79. The van der Waals surface area contributed by atoms with E-state index in [4.69, 9.17) is 4.74 Å². The van der Waals surface area contributed by atoms with Gasteiger partial charge in [0.2, 0.25) is 0 Å². The van der Waals surface area contributed by atoms with Crippen molar-refractivity contribution in [2.24, 2.45) is 5.41 Å². The first-order valence-corrected chi connectivity index (χ1v) is 4.96. The first-order valence-electron chi connectivity index (χ1n) is 4.96. The molecule has 0 saturated carbocycles. The topological polar surface area (TPSA) is 26.3 Å². The molecule has 0 aromatic carbocycles. The lowest BCUT2D eigenvalue weighted by molar-refractivity contribution is -0.119. The Morgan fingerprint density at radius 3 is 2.85 bits per heavy atom. The maximum Gasteiger partial charge on any atom is 0.162 e. The van der Waals surface area contributed by atoms with Crippen molar-refractivity contribution in [3.8, 4) is 0 Å². The largest absolute Gasteiger partial charge is 0.497 e. The van der Waals surface area contributed by atoms with E-state index in [1.54, 1.807) is 0 Å². The number of allylic oxidation sites excluding steroid dienone is 2. The van der Waals surface area contributed by atoms with Gasteiger partial charge >= 0.3 is 0 Å². The molecule has 2 rings (SSSR count). The van der Waals surface area contributed by atoms with E-state index in [9.17, 15) is 4.79 Å². The van der Waals surface area contributed by atoms with E-state index in [1.807, 2.05) is 0 Å². The molecule has 0 saturated heterocycles. The molecule has 0 atom stereocenters. The number of Topliss-reactive ketones (excluding diaryl/α,β-unsaturated/α-hetero) is 1. The van der Waals surface area contributed by atoms with Gasteiger partial charge in [0.1, 0.15) is 5.76 Å². The predicted octanol–water partition coefficient (Wildman–Crippen LogP) is 2.44. The summed E-state index contributed by atoms with van der Waals surface area (Å²) in [6, 6.07) is 0. The average molecular weight is 180 g/mol. The van der Waals surface area contributed by atoms with E-state index in [2.05, 4.69) is 13.8 Å². The fraction of sp³-hybridized carbons (Fsp3) is 0.727. The van der Waals surface area contributed by atoms with Crippen molar-refractivity contribution >= 4 is 5.78 Å². The van der Waals surface area contributed by atoms with Gasteiger partial charge in [-0.2, -0.15) is 0 Å². The Labute approximate surface area is 79.0 Å². The maximum atomic E-state index is 11.7. The number of ether oxygens (including phenoxy) is 1. The smallest absolute Gasteiger partial charge is 0.162 e. The molecule has 0 aromatic rings. The number of ketones is 1. The molecule has 2 aliphatic rings. The third-order valence-electron chi connectivity index (χ3n) is 2.80. The van der Waals surface area contributed by atoms with Crippen molar-refractivity contribution in [1.29, 1.82) is 0 Å². The van der Waals surface area contributed by atoms with Crippen LogP contribution in [0.2, 0.25) is 0 Å². The zero-order valence-corrected chi connectivity index (χ0v) is 8.35. The SMILES string of the molecule is CC1(C)CC(=O)C2=C(C1)OCCC2. The highest BCUT2D eigenvalue weighted by molar-refractivity contribution is 5.97. The van der Waals surface area contributed by atoms with Crippen molar-refractivity contribution in [2.45, 2.75) is 39.5 Å². The van der Waals surface area contributed by atoms with Crippen molar-refractivity contribution in [3.05, 3.63) is 11.3 Å². The van der Waals surface area contributed by atoms with Gasteiger partial charge in [-0.05, 0) is 18.3 Å². The standard InChI is InChI=1S/C11H16O2/c1-11(2)6-9(12)8-4-3-5-13-10(8)7-11/h3-7H2,1-2H3. The predicted molar refractivity (Wildman–Crippen MR) is 50.2 cm³/mol. The zero-order valence-electron chi connectivity index (χ0n) is 8.35. The van der Waals surface area contributed by atoms with Crippen LogP contribution >= 0.6 is 0 Å². The second-order valence-electron chi connectivity index (χ2n) is 4.79. The van der Waals surface area contributed by atoms with Crippen LogP contribution in [0.15, 0.2) is 11.3 Å². The summed E-state index contributed by atoms with van der Waals surface area (Å²) in [5.74, 6) is 1.29. The Kier molecular flexibility index (Phi) is 1.94. The van der Waals surface area contributed by atoms with Gasteiger partial charge in [0.05, 0.1) is 6.61 Å². The fourth-order valence-corrected chi connectivity index (χ4v) is 2.16. The van der Waals surface area contributed by atoms with Gasteiger partial charge in [-0.15, -0.1) is 0 Å². The summed E-state index contributed by atoms with van der Waals surface area (Å²) in [5.41, 5.74) is 1.08. The van der Waals surface area contributed by atoms with Gasteiger partial charge in [0, 0.05) is 18.4 Å². The Bertz CT molecular complexity index is 274. The van der Waals surface area contributed by atoms with Crippen LogP contribution < -0.4 is 0 Å². The molecule has 2 nitrogen and oxygen atoms in total. The summed E-state index contributed by atoms with van der Waals surface area (Å²) in [6.07, 6.45) is 3.57. The molecule has 1 heterocycles. The second-order valence-corrected chi connectivity index (χ2v) is 4.79. The third kappa shape index (κ3) is 1.62. The van der Waals surface area contributed by atoms with E-state index in [-0.39, 0.29) is 5.41 Å². The molecule has 0 N–H and O–H groups in total. The molecule has 13 heavy (non-hydrogen) atoms. The minimum atomic E-state index is 0.104. The summed E-state index contributed by atoms with van der Waals surface area (Å²) >= 11 is 0. The lowest BCUT2D eigenvalue weighted by atomic mass is 9.75. The lowest BCUT2D eigenvalue weighted by Crippen LogP contribution is -2.28. The van der Waals surface area contributed by atoms with Gasteiger partial charge in [-0.1, -0.05) is 13.8 Å². The van der Waals surface area contributed by atoms with Crippen molar-refractivity contribution < 1.29 is 9.53 Å². The van der Waals surface area contributed by atoms with E-state index >= 15 is 0 Å². The van der Waals surface area contributed by atoms with Gasteiger partial charge < -0.3 is 4.74 Å². The molecule has 0 amide bonds. The van der Waals surface area contributed by atoms with E-state index in [1.165, 1.54) is 0 Å². The van der Waals surface area contributed by atoms with Crippen molar-refractivity contribution in [3.63, 3.8) is 0 Å². The summed E-state index contributed by atoms with van der Waals surface area (Å²) in [7, 11) is 0. The molecule has 0 bridgehead atoms. The minimum Gasteiger partial charge on any atom is -0.497 e. The highest BCUT2D eigenvalue weighted by Gasteiger charge is 2.34. The van der Waals surface area contributed by atoms with Gasteiger partial charge in [0.15, 0.2) is 5.78 Å². The van der Waals surface area contributed by atoms with Crippen LogP contribution in [0.1, 0.15) is 39.5 Å². The van der Waals surface area contributed by atoms with Crippen molar-refractivity contribution in [1.82, 2.24) is 0 Å². The number of hydrogen-bond donors (Lipinski definition) is 0. The molecule has 72 valence electrons. The van der Waals surface area contributed by atoms with E-state index in [0.717, 1.165) is 37.2 Å². The third-order valence-corrected chi connectivity index (χ3v) is 2.80. The van der Waals surface area contributed by atoms with Crippen LogP contribution in [0.5, 0.6) is 0 Å². The van der Waals surface area contributed by atoms with Crippen LogP contribution in [0.4, 0.5) is 0 Å². The zero-order chi connectivity index (χ0) is 9.47. The van der Waals surface area contributed by atoms with Gasteiger partial charge in [0.25, 0.3) is 0 Å². The minimum absolute atomic E-state index is 0.104. The fourth-order valence-electron chi connectivity index (χ4n) is 2.16. The normalized spacial score (nSPS) is 26.8. The van der Waals surface area contributed by atoms with E-state index in [0.29, 0.717) is 12.2 Å². The molecular formula is C11H16O2. The summed E-state index contributed by atoms with van der Waals surface area (Å²) < 4.78 is 5.55. The molecule has 2 heteroatoms. The highest BCUT2D eigenvalue weighted by atomic mass is 16.5. The number of hydrogen-bond acceptors (Lipinski definition) is 2. The number of carbonyl (C=O) groups is 1. The van der Waals surface area contributed by atoms with Crippen LogP contribution in [0, 0.1) is 5.41 Å². The molecule has 0 aromatic heterocycles. The molecule has 0 unspecified atom stereocenters.